The molecule has 5 nitrogen and oxygen atoms in total. The number of rotatable bonds is 8. The van der Waals surface area contributed by atoms with Crippen LogP contribution in [0, 0.1) is 0 Å². The minimum atomic E-state index is -0.908. The molecule has 1 atom stereocenters. The third kappa shape index (κ3) is 5.40. The molecule has 0 aromatic heterocycles. The third-order valence-electron chi connectivity index (χ3n) is 3.00. The Morgan fingerprint density at radius 1 is 1.30 bits per heavy atom. The van der Waals surface area contributed by atoms with Crippen molar-refractivity contribution in [3.05, 3.63) is 35.9 Å². The molecule has 1 amide bonds. The fraction of sp³-hybridized carbons (Fsp3) is 0.467. The highest BCUT2D eigenvalue weighted by molar-refractivity contribution is 5.78. The van der Waals surface area contributed by atoms with Crippen molar-refractivity contribution in [1.82, 2.24) is 4.90 Å². The molecule has 110 valence electrons. The van der Waals surface area contributed by atoms with Gasteiger partial charge >= 0.3 is 5.97 Å². The second-order valence-corrected chi connectivity index (χ2v) is 4.61. The van der Waals surface area contributed by atoms with Gasteiger partial charge in [-0.25, -0.2) is 0 Å². The molecule has 1 rings (SSSR count). The molecule has 0 bridgehead atoms. The van der Waals surface area contributed by atoms with Gasteiger partial charge in [0.25, 0.3) is 0 Å². The predicted molar refractivity (Wildman–Crippen MR) is 75.2 cm³/mol. The fourth-order valence-corrected chi connectivity index (χ4v) is 2.01. The maximum Gasteiger partial charge on any atom is 0.305 e. The molecule has 0 aliphatic heterocycles. The second-order valence-electron chi connectivity index (χ2n) is 4.61. The first kappa shape index (κ1) is 16.2. The van der Waals surface area contributed by atoms with Gasteiger partial charge in [-0.2, -0.15) is 0 Å². The molecule has 0 heterocycles. The van der Waals surface area contributed by atoms with Gasteiger partial charge in [-0.05, 0) is 19.4 Å². The van der Waals surface area contributed by atoms with Crippen molar-refractivity contribution < 1.29 is 19.4 Å². The molecule has 1 N–H and O–H groups in total. The maximum atomic E-state index is 12.0. The van der Waals surface area contributed by atoms with Crippen LogP contribution in [0.2, 0.25) is 0 Å². The van der Waals surface area contributed by atoms with Crippen LogP contribution in [0.4, 0.5) is 0 Å². The molecule has 0 saturated carbocycles. The van der Waals surface area contributed by atoms with Gasteiger partial charge < -0.3 is 14.7 Å². The molecule has 0 aliphatic carbocycles. The van der Waals surface area contributed by atoms with Crippen molar-refractivity contribution in [3.63, 3.8) is 0 Å². The van der Waals surface area contributed by atoms with Crippen LogP contribution >= 0.6 is 0 Å². The molecule has 0 fully saturated rings. The van der Waals surface area contributed by atoms with E-state index in [1.165, 1.54) is 4.90 Å². The van der Waals surface area contributed by atoms with Crippen molar-refractivity contribution in [3.8, 4) is 0 Å². The number of hydrogen-bond donors (Lipinski definition) is 1. The number of nitrogens with zero attached hydrogens (tertiary/aromatic N) is 1. The van der Waals surface area contributed by atoms with E-state index in [0.29, 0.717) is 13.2 Å². The van der Waals surface area contributed by atoms with E-state index in [1.807, 2.05) is 37.3 Å². The van der Waals surface area contributed by atoms with Gasteiger partial charge in [0, 0.05) is 12.6 Å². The Kier molecular flexibility index (Phi) is 6.73. The lowest BCUT2D eigenvalue weighted by Gasteiger charge is -2.26. The molecule has 20 heavy (non-hydrogen) atoms. The Hall–Kier alpha value is -1.88. The van der Waals surface area contributed by atoms with E-state index in [-0.39, 0.29) is 25.0 Å². The van der Waals surface area contributed by atoms with Gasteiger partial charge in [0.2, 0.25) is 5.91 Å². The monoisotopic (exact) mass is 279 g/mol. The number of carboxylic acids is 1. The SMILES string of the molecule is CCN(C(=O)COCc1ccccc1)C(C)CC(=O)O. The van der Waals surface area contributed by atoms with Gasteiger partial charge in [0.05, 0.1) is 13.0 Å². The summed E-state index contributed by atoms with van der Waals surface area (Å²) in [6, 6.07) is 9.26. The summed E-state index contributed by atoms with van der Waals surface area (Å²) in [6.45, 7) is 4.37. The maximum absolute atomic E-state index is 12.0. The Labute approximate surface area is 119 Å². The second kappa shape index (κ2) is 8.32. The average molecular weight is 279 g/mol. The molecule has 0 saturated heterocycles. The third-order valence-corrected chi connectivity index (χ3v) is 3.00. The van der Waals surface area contributed by atoms with E-state index in [9.17, 15) is 9.59 Å². The molecule has 1 aromatic rings. The van der Waals surface area contributed by atoms with Crippen LogP contribution in [0.15, 0.2) is 30.3 Å². The summed E-state index contributed by atoms with van der Waals surface area (Å²) in [5, 5.41) is 8.77. The molecule has 0 aliphatic rings. The van der Waals surface area contributed by atoms with Crippen molar-refractivity contribution in [2.75, 3.05) is 13.2 Å². The molecule has 1 unspecified atom stereocenters. The van der Waals surface area contributed by atoms with Crippen LogP contribution in [0.25, 0.3) is 0 Å². The van der Waals surface area contributed by atoms with E-state index in [2.05, 4.69) is 0 Å². The first-order valence-electron chi connectivity index (χ1n) is 6.67. The highest BCUT2D eigenvalue weighted by Gasteiger charge is 2.20. The quantitative estimate of drug-likeness (QED) is 0.789. The van der Waals surface area contributed by atoms with Crippen molar-refractivity contribution in [2.24, 2.45) is 0 Å². The van der Waals surface area contributed by atoms with Crippen LogP contribution < -0.4 is 0 Å². The summed E-state index contributed by atoms with van der Waals surface area (Å²) >= 11 is 0. The molecule has 0 spiro atoms. The number of carbonyl (C=O) groups excluding carboxylic acids is 1. The number of ether oxygens (including phenoxy) is 1. The highest BCUT2D eigenvalue weighted by atomic mass is 16.5. The smallest absolute Gasteiger partial charge is 0.305 e. The summed E-state index contributed by atoms with van der Waals surface area (Å²) in [5.74, 6) is -1.09. The number of carboxylic acid groups (broad SMARTS) is 1. The van der Waals surface area contributed by atoms with E-state index in [4.69, 9.17) is 9.84 Å². The number of carbonyl (C=O) groups is 2. The normalized spacial score (nSPS) is 11.9. The van der Waals surface area contributed by atoms with Gasteiger partial charge in [0.15, 0.2) is 0 Å². The predicted octanol–water partition coefficient (Wildman–Crippen LogP) is 1.91. The number of benzene rings is 1. The van der Waals surface area contributed by atoms with Gasteiger partial charge in [-0.3, -0.25) is 9.59 Å². The Morgan fingerprint density at radius 2 is 1.95 bits per heavy atom. The highest BCUT2D eigenvalue weighted by Crippen LogP contribution is 2.06. The lowest BCUT2D eigenvalue weighted by molar-refractivity contribution is -0.142. The Morgan fingerprint density at radius 3 is 2.50 bits per heavy atom. The van der Waals surface area contributed by atoms with E-state index < -0.39 is 5.97 Å². The lowest BCUT2D eigenvalue weighted by atomic mass is 10.2. The average Bonchev–Trinajstić information content (AvgIpc) is 2.40. The van der Waals surface area contributed by atoms with Crippen molar-refractivity contribution >= 4 is 11.9 Å². The van der Waals surface area contributed by atoms with Crippen LogP contribution in [0.3, 0.4) is 0 Å². The van der Waals surface area contributed by atoms with Crippen LogP contribution in [0.1, 0.15) is 25.8 Å². The summed E-state index contributed by atoms with van der Waals surface area (Å²) < 4.78 is 5.38. The summed E-state index contributed by atoms with van der Waals surface area (Å²) in [4.78, 5) is 24.2. The molecule has 5 heteroatoms. The number of likely N-dealkylation sites (N-methyl/N-ethyl adjacent to an activating group) is 1. The van der Waals surface area contributed by atoms with E-state index in [0.717, 1.165) is 5.56 Å². The summed E-state index contributed by atoms with van der Waals surface area (Å²) in [5.41, 5.74) is 1.00. The van der Waals surface area contributed by atoms with Crippen LogP contribution in [-0.2, 0) is 20.9 Å². The first-order valence-corrected chi connectivity index (χ1v) is 6.67. The molecule has 1 aromatic carbocycles. The minimum absolute atomic E-state index is 0.0350. The number of hydrogen-bond acceptors (Lipinski definition) is 3. The molecule has 0 radical (unpaired) electrons. The zero-order chi connectivity index (χ0) is 15.0. The molecular weight excluding hydrogens is 258 g/mol. The number of aliphatic carboxylic acids is 1. The van der Waals surface area contributed by atoms with Crippen LogP contribution in [0.5, 0.6) is 0 Å². The van der Waals surface area contributed by atoms with E-state index >= 15 is 0 Å². The van der Waals surface area contributed by atoms with Gasteiger partial charge in [0.1, 0.15) is 6.61 Å². The topological polar surface area (TPSA) is 66.8 Å². The summed E-state index contributed by atoms with van der Waals surface area (Å²) in [6.07, 6.45) is -0.0573. The lowest BCUT2D eigenvalue weighted by Crippen LogP contribution is -2.41. The number of amides is 1. The first-order chi connectivity index (χ1) is 9.54. The largest absolute Gasteiger partial charge is 0.481 e. The Balaban J connectivity index is 2.41. The standard InChI is InChI=1S/C15H21NO4/c1-3-16(12(2)9-15(18)19)14(17)11-20-10-13-7-5-4-6-8-13/h4-8,12H,3,9-11H2,1-2H3,(H,18,19). The van der Waals surface area contributed by atoms with Crippen LogP contribution in [-0.4, -0.2) is 41.1 Å². The zero-order valence-electron chi connectivity index (χ0n) is 11.9. The molecular formula is C15H21NO4. The van der Waals surface area contributed by atoms with Gasteiger partial charge in [-0.15, -0.1) is 0 Å². The van der Waals surface area contributed by atoms with Crippen molar-refractivity contribution in [2.45, 2.75) is 32.9 Å². The minimum Gasteiger partial charge on any atom is -0.481 e. The fourth-order valence-electron chi connectivity index (χ4n) is 2.01. The van der Waals surface area contributed by atoms with Gasteiger partial charge in [-0.1, -0.05) is 30.3 Å². The zero-order valence-corrected chi connectivity index (χ0v) is 11.9. The van der Waals surface area contributed by atoms with Crippen molar-refractivity contribution in [1.29, 1.82) is 0 Å². The van der Waals surface area contributed by atoms with E-state index in [1.54, 1.807) is 6.92 Å². The Bertz CT molecular complexity index is 433. The summed E-state index contributed by atoms with van der Waals surface area (Å²) in [7, 11) is 0.